The Labute approximate surface area is 219 Å². The van der Waals surface area contributed by atoms with E-state index < -0.39 is 6.19 Å². The Morgan fingerprint density at radius 1 is 1.17 bits per heavy atom. The number of morpholine rings is 1. The Bertz CT molecular complexity index is 1270. The van der Waals surface area contributed by atoms with Crippen LogP contribution in [0.25, 0.3) is 0 Å². The molecule has 2 aromatic rings. The number of fused-ring (bicyclic) bond motifs is 1. The minimum Gasteiger partial charge on any atom is -0.445 e. The number of nitrogens with zero attached hydrogens (tertiary/aromatic N) is 3. The number of hydrazone groups is 1. The molecule has 0 radical (unpaired) electrons. The van der Waals surface area contributed by atoms with E-state index in [1.807, 2.05) is 29.8 Å². The van der Waals surface area contributed by atoms with E-state index in [2.05, 4.69) is 84.7 Å². The molecule has 0 spiro atoms. The standard InChI is InChI=1S/C28H36N4O2PS/c1-6-34-27-26(21(2)29-32(27)22-12-8-7-9-13-22)35(36,31-16-18-33-19-17-31)20-25-28(3,4)23-14-10-11-15-24(23)30(25)5/h7-15,20,26,29H,2,6,16-19H2,1,3-5H3/q+1/t26-,35-/m1/s1. The number of anilines is 1. The second kappa shape index (κ2) is 9.79. The molecule has 36 heavy (non-hydrogen) atoms. The lowest BCUT2D eigenvalue weighted by Gasteiger charge is -2.39. The lowest BCUT2D eigenvalue weighted by Crippen LogP contribution is -2.39. The number of hydrogen-bond donors (Lipinski definition) is 1. The summed E-state index contributed by atoms with van der Waals surface area (Å²) in [6, 6.07) is 18.9. The average Bonchev–Trinajstić information content (AvgIpc) is 3.32. The zero-order valence-electron chi connectivity index (χ0n) is 21.6. The molecule has 3 aliphatic heterocycles. The number of benzene rings is 2. The molecule has 3 aliphatic rings. The maximum atomic E-state index is 6.81. The molecule has 0 amide bonds. The smallest absolute Gasteiger partial charge is 0.387 e. The van der Waals surface area contributed by atoms with Crippen molar-refractivity contribution in [1.82, 2.24) is 10.1 Å². The summed E-state index contributed by atoms with van der Waals surface area (Å²) in [4.78, 5) is 2.32. The van der Waals surface area contributed by atoms with Crippen molar-refractivity contribution in [3.63, 3.8) is 0 Å². The van der Waals surface area contributed by atoms with Crippen LogP contribution in [0.1, 0.15) is 26.3 Å². The predicted molar refractivity (Wildman–Crippen MR) is 152 cm³/mol. The van der Waals surface area contributed by atoms with Gasteiger partial charge in [-0.25, -0.2) is 0 Å². The first kappa shape index (κ1) is 25.2. The van der Waals surface area contributed by atoms with Crippen LogP contribution in [0, 0.1) is 0 Å². The van der Waals surface area contributed by atoms with E-state index >= 15 is 0 Å². The summed E-state index contributed by atoms with van der Waals surface area (Å²) in [7, 11) is 2.16. The lowest BCUT2D eigenvalue weighted by atomic mass is 9.84. The highest BCUT2D eigenvalue weighted by Crippen LogP contribution is 2.62. The third-order valence-corrected chi connectivity index (χ3v) is 12.2. The second-order valence-corrected chi connectivity index (χ2v) is 14.4. The first-order chi connectivity index (χ1) is 17.3. The van der Waals surface area contributed by atoms with E-state index in [-0.39, 0.29) is 11.1 Å². The van der Waals surface area contributed by atoms with Crippen molar-refractivity contribution >= 4 is 35.3 Å². The number of allylic oxidation sites excluding steroid dienone is 1. The van der Waals surface area contributed by atoms with Crippen molar-refractivity contribution < 1.29 is 14.2 Å². The van der Waals surface area contributed by atoms with E-state index in [1.165, 1.54) is 16.9 Å². The largest absolute Gasteiger partial charge is 0.445 e. The summed E-state index contributed by atoms with van der Waals surface area (Å²) in [5.74, 6) is 3.23. The number of nitrogens with one attached hydrogen (secondary N) is 1. The van der Waals surface area contributed by atoms with Crippen LogP contribution < -0.4 is 10.3 Å². The molecule has 5 rings (SSSR count). The predicted octanol–water partition coefficient (Wildman–Crippen LogP) is 5.16. The molecular formula is C28H36N4O2PS+. The van der Waals surface area contributed by atoms with E-state index in [0.29, 0.717) is 19.8 Å². The zero-order valence-corrected chi connectivity index (χ0v) is 23.3. The van der Waals surface area contributed by atoms with Gasteiger partial charge in [-0.1, -0.05) is 68.6 Å². The molecule has 1 N–H and O–H groups in total. The van der Waals surface area contributed by atoms with E-state index in [9.17, 15) is 0 Å². The molecule has 6 nitrogen and oxygen atoms in total. The third-order valence-electron chi connectivity index (χ3n) is 7.39. The topological polar surface area (TPSA) is 40.0 Å². The van der Waals surface area contributed by atoms with Crippen LogP contribution in [0.4, 0.5) is 11.4 Å². The van der Waals surface area contributed by atoms with Crippen molar-refractivity contribution in [2.45, 2.75) is 31.8 Å². The maximum absolute atomic E-state index is 6.81. The summed E-state index contributed by atoms with van der Waals surface area (Å²) in [6.07, 6.45) is -2.42. The van der Waals surface area contributed by atoms with Gasteiger partial charge >= 0.3 is 5.90 Å². The average molecular weight is 524 g/mol. The maximum Gasteiger partial charge on any atom is 0.387 e. The highest BCUT2D eigenvalue weighted by Gasteiger charge is 2.52. The normalized spacial score (nSPS) is 24.6. The van der Waals surface area contributed by atoms with Gasteiger partial charge in [-0.15, -0.1) is 0 Å². The number of para-hydroxylation sites is 2. The highest BCUT2D eigenvalue weighted by atomic mass is 32.4. The van der Waals surface area contributed by atoms with Crippen LogP contribution >= 0.6 is 6.19 Å². The Morgan fingerprint density at radius 3 is 2.50 bits per heavy atom. The highest BCUT2D eigenvalue weighted by molar-refractivity contribution is 8.15. The monoisotopic (exact) mass is 523 g/mol. The Hall–Kier alpha value is -2.44. The molecule has 8 heteroatoms. The molecule has 190 valence electrons. The van der Waals surface area contributed by atoms with Gasteiger partial charge in [-0.3, -0.25) is 4.67 Å². The molecule has 0 saturated carbocycles. The molecule has 0 bridgehead atoms. The summed E-state index contributed by atoms with van der Waals surface area (Å²) >= 11 is 6.81. The van der Waals surface area contributed by atoms with Crippen LogP contribution in [0.3, 0.4) is 0 Å². The molecule has 3 heterocycles. The second-order valence-electron chi connectivity index (χ2n) is 9.94. The molecular weight excluding hydrogens is 487 g/mol. The van der Waals surface area contributed by atoms with Crippen LogP contribution in [-0.4, -0.2) is 60.9 Å². The lowest BCUT2D eigenvalue weighted by molar-refractivity contribution is -0.498. The van der Waals surface area contributed by atoms with Gasteiger partial charge in [-0.2, -0.15) is 5.43 Å². The van der Waals surface area contributed by atoms with Crippen molar-refractivity contribution in [3.8, 4) is 0 Å². The van der Waals surface area contributed by atoms with Crippen molar-refractivity contribution in [1.29, 1.82) is 0 Å². The van der Waals surface area contributed by atoms with Gasteiger partial charge in [0.1, 0.15) is 0 Å². The summed E-state index contributed by atoms with van der Waals surface area (Å²) in [6.45, 7) is 14.6. The van der Waals surface area contributed by atoms with Gasteiger partial charge in [0, 0.05) is 49.1 Å². The van der Waals surface area contributed by atoms with Crippen LogP contribution in [-0.2, 0) is 26.7 Å². The van der Waals surface area contributed by atoms with Crippen LogP contribution in [0.5, 0.6) is 0 Å². The molecule has 2 atom stereocenters. The third kappa shape index (κ3) is 4.12. The Balaban J connectivity index is 1.69. The molecule has 0 aromatic heterocycles. The van der Waals surface area contributed by atoms with E-state index in [4.69, 9.17) is 21.3 Å². The van der Waals surface area contributed by atoms with Gasteiger partial charge in [0.15, 0.2) is 5.66 Å². The fourth-order valence-electron chi connectivity index (χ4n) is 5.56. The minimum absolute atomic E-state index is 0.161. The first-order valence-electron chi connectivity index (χ1n) is 12.6. The Morgan fingerprint density at radius 2 is 1.83 bits per heavy atom. The summed E-state index contributed by atoms with van der Waals surface area (Å²) in [5.41, 5.74) is 8.87. The minimum atomic E-state index is -2.42. The first-order valence-corrected chi connectivity index (χ1v) is 15.5. The zero-order chi connectivity index (χ0) is 25.5. The molecule has 0 unspecified atom stereocenters. The van der Waals surface area contributed by atoms with Gasteiger partial charge in [0.05, 0.1) is 31.7 Å². The van der Waals surface area contributed by atoms with Crippen LogP contribution in [0.2, 0.25) is 0 Å². The number of hydrazine groups is 1. The van der Waals surface area contributed by atoms with E-state index in [1.54, 1.807) is 0 Å². The van der Waals surface area contributed by atoms with Gasteiger partial charge in [0.25, 0.3) is 0 Å². The summed E-state index contributed by atoms with van der Waals surface area (Å²) < 4.78 is 16.6. The number of hydrogen-bond acceptors (Lipinski definition) is 5. The summed E-state index contributed by atoms with van der Waals surface area (Å²) in [5, 5.41) is 0. The number of rotatable bonds is 5. The van der Waals surface area contributed by atoms with Crippen molar-refractivity contribution in [2.75, 3.05) is 44.9 Å². The SMILES string of the molecule is C=C1N[N+](c2ccccc2)=C(OCC)[C@@H]1[P@](=S)(C=C1N(C)c2ccccc2C1(C)C)N1CCOCC1. The van der Waals surface area contributed by atoms with Crippen molar-refractivity contribution in [2.24, 2.45) is 0 Å². The fourth-order valence-corrected chi connectivity index (χ4v) is 10.3. The quantitative estimate of drug-likeness (QED) is 0.431. The molecule has 2 aromatic carbocycles. The van der Waals surface area contributed by atoms with Gasteiger partial charge < -0.3 is 14.4 Å². The Kier molecular flexibility index (Phi) is 6.86. The number of likely N-dealkylation sites (N-methyl/N-ethyl adjacent to an activating group) is 1. The van der Waals surface area contributed by atoms with Gasteiger partial charge in [0.2, 0.25) is 5.69 Å². The molecule has 1 saturated heterocycles. The molecule has 1 fully saturated rings. The number of ether oxygens (including phenoxy) is 2. The van der Waals surface area contributed by atoms with Crippen LogP contribution in [0.15, 0.2) is 78.4 Å². The fraction of sp³-hybridized carbons (Fsp3) is 0.393. The molecule has 0 aliphatic carbocycles. The van der Waals surface area contributed by atoms with Crippen molar-refractivity contribution in [3.05, 3.63) is 84.0 Å². The van der Waals surface area contributed by atoms with E-state index in [0.717, 1.165) is 30.4 Å². The van der Waals surface area contributed by atoms with Gasteiger partial charge in [-0.05, 0) is 29.1 Å².